The lowest BCUT2D eigenvalue weighted by Crippen LogP contribution is -2.04. The standard InChI is InChI=1S/C13H17N/c1-14-10-11-6-8-13(9-7-11)12-4-2-3-5-12/h4,6-9,14H,2-3,5,10H2,1H3. The van der Waals surface area contributed by atoms with Gasteiger partial charge in [-0.25, -0.2) is 0 Å². The zero-order chi connectivity index (χ0) is 9.80. The van der Waals surface area contributed by atoms with E-state index in [1.54, 1.807) is 0 Å². The fourth-order valence-corrected chi connectivity index (χ4v) is 1.97. The molecule has 0 radical (unpaired) electrons. The lowest BCUT2D eigenvalue weighted by Gasteiger charge is -2.04. The summed E-state index contributed by atoms with van der Waals surface area (Å²) in [7, 11) is 1.98. The summed E-state index contributed by atoms with van der Waals surface area (Å²) < 4.78 is 0. The molecule has 1 heteroatoms. The fraction of sp³-hybridized carbons (Fsp3) is 0.385. The maximum absolute atomic E-state index is 3.16. The van der Waals surface area contributed by atoms with Crippen LogP contribution in [0.3, 0.4) is 0 Å². The maximum Gasteiger partial charge on any atom is 0.0202 e. The largest absolute Gasteiger partial charge is 0.316 e. The Bertz CT molecular complexity index is 322. The van der Waals surface area contributed by atoms with Crippen molar-refractivity contribution in [1.29, 1.82) is 0 Å². The molecule has 0 spiro atoms. The number of hydrogen-bond acceptors (Lipinski definition) is 1. The molecule has 0 bridgehead atoms. The van der Waals surface area contributed by atoms with E-state index in [0.29, 0.717) is 0 Å². The van der Waals surface area contributed by atoms with Gasteiger partial charge in [-0.15, -0.1) is 0 Å². The molecule has 1 aliphatic carbocycles. The molecule has 0 heterocycles. The first kappa shape index (κ1) is 9.47. The molecule has 0 atom stereocenters. The highest BCUT2D eigenvalue weighted by Crippen LogP contribution is 2.27. The molecule has 0 aromatic heterocycles. The van der Waals surface area contributed by atoms with Crippen molar-refractivity contribution in [3.05, 3.63) is 41.5 Å². The quantitative estimate of drug-likeness (QED) is 0.767. The Morgan fingerprint density at radius 3 is 2.57 bits per heavy atom. The van der Waals surface area contributed by atoms with Crippen molar-refractivity contribution < 1.29 is 0 Å². The van der Waals surface area contributed by atoms with Gasteiger partial charge in [0.15, 0.2) is 0 Å². The summed E-state index contributed by atoms with van der Waals surface area (Å²) in [6, 6.07) is 8.91. The number of nitrogens with one attached hydrogen (secondary N) is 1. The van der Waals surface area contributed by atoms with Crippen molar-refractivity contribution in [2.24, 2.45) is 0 Å². The van der Waals surface area contributed by atoms with Crippen LogP contribution in [0.5, 0.6) is 0 Å². The summed E-state index contributed by atoms with van der Waals surface area (Å²) in [6.45, 7) is 0.958. The molecule has 1 N–H and O–H groups in total. The molecular weight excluding hydrogens is 170 g/mol. The number of benzene rings is 1. The minimum absolute atomic E-state index is 0.958. The van der Waals surface area contributed by atoms with E-state index in [9.17, 15) is 0 Å². The summed E-state index contributed by atoms with van der Waals surface area (Å²) in [5, 5.41) is 3.16. The van der Waals surface area contributed by atoms with Gasteiger partial charge in [0.25, 0.3) is 0 Å². The van der Waals surface area contributed by atoms with Crippen molar-refractivity contribution in [2.75, 3.05) is 7.05 Å². The van der Waals surface area contributed by atoms with Crippen molar-refractivity contribution in [1.82, 2.24) is 5.32 Å². The minimum atomic E-state index is 0.958. The van der Waals surface area contributed by atoms with Crippen LogP contribution in [-0.2, 0) is 6.54 Å². The molecule has 1 nitrogen and oxygen atoms in total. The summed E-state index contributed by atoms with van der Waals surface area (Å²) >= 11 is 0. The first-order chi connectivity index (χ1) is 6.90. The average Bonchev–Trinajstić information content (AvgIpc) is 2.72. The number of hydrogen-bond donors (Lipinski definition) is 1. The lowest BCUT2D eigenvalue weighted by atomic mass is 10.0. The van der Waals surface area contributed by atoms with Crippen LogP contribution in [0.1, 0.15) is 30.4 Å². The lowest BCUT2D eigenvalue weighted by molar-refractivity contribution is 0.818. The first-order valence-electron chi connectivity index (χ1n) is 5.33. The average molecular weight is 187 g/mol. The van der Waals surface area contributed by atoms with E-state index in [2.05, 4.69) is 35.7 Å². The normalized spacial score (nSPS) is 15.6. The zero-order valence-electron chi connectivity index (χ0n) is 8.72. The van der Waals surface area contributed by atoms with Crippen LogP contribution in [-0.4, -0.2) is 7.05 Å². The Morgan fingerprint density at radius 1 is 1.21 bits per heavy atom. The topological polar surface area (TPSA) is 12.0 Å². The van der Waals surface area contributed by atoms with Gasteiger partial charge in [-0.05, 0) is 43.0 Å². The molecular formula is C13H17N. The third kappa shape index (κ3) is 2.05. The number of allylic oxidation sites excluding steroid dienone is 2. The van der Waals surface area contributed by atoms with Crippen LogP contribution in [0, 0.1) is 0 Å². The van der Waals surface area contributed by atoms with Crippen LogP contribution < -0.4 is 5.32 Å². The van der Waals surface area contributed by atoms with Gasteiger partial charge < -0.3 is 5.32 Å². The van der Waals surface area contributed by atoms with Gasteiger partial charge in [0, 0.05) is 6.54 Å². The Morgan fingerprint density at radius 2 is 2.00 bits per heavy atom. The van der Waals surface area contributed by atoms with E-state index >= 15 is 0 Å². The summed E-state index contributed by atoms with van der Waals surface area (Å²) in [5.41, 5.74) is 4.29. The van der Waals surface area contributed by atoms with Crippen LogP contribution in [0.25, 0.3) is 5.57 Å². The Balaban J connectivity index is 2.13. The highest BCUT2D eigenvalue weighted by molar-refractivity contribution is 5.67. The summed E-state index contributed by atoms with van der Waals surface area (Å²) in [5.74, 6) is 0. The second-order valence-electron chi connectivity index (χ2n) is 3.85. The summed E-state index contributed by atoms with van der Waals surface area (Å²) in [4.78, 5) is 0. The highest BCUT2D eigenvalue weighted by atomic mass is 14.8. The predicted molar refractivity (Wildman–Crippen MR) is 61.0 cm³/mol. The number of rotatable bonds is 3. The monoisotopic (exact) mass is 187 g/mol. The minimum Gasteiger partial charge on any atom is -0.316 e. The smallest absolute Gasteiger partial charge is 0.0202 e. The van der Waals surface area contributed by atoms with Gasteiger partial charge >= 0.3 is 0 Å². The van der Waals surface area contributed by atoms with E-state index in [1.165, 1.54) is 36.0 Å². The van der Waals surface area contributed by atoms with Crippen LogP contribution >= 0.6 is 0 Å². The van der Waals surface area contributed by atoms with E-state index < -0.39 is 0 Å². The van der Waals surface area contributed by atoms with Crippen molar-refractivity contribution in [2.45, 2.75) is 25.8 Å². The first-order valence-corrected chi connectivity index (χ1v) is 5.33. The van der Waals surface area contributed by atoms with Gasteiger partial charge in [0.05, 0.1) is 0 Å². The van der Waals surface area contributed by atoms with Gasteiger partial charge in [-0.3, -0.25) is 0 Å². The molecule has 1 aromatic carbocycles. The molecule has 0 unspecified atom stereocenters. The van der Waals surface area contributed by atoms with E-state index in [-0.39, 0.29) is 0 Å². The van der Waals surface area contributed by atoms with Crippen LogP contribution in [0.2, 0.25) is 0 Å². The van der Waals surface area contributed by atoms with Crippen LogP contribution in [0.15, 0.2) is 30.3 Å². The molecule has 74 valence electrons. The Kier molecular flexibility index (Phi) is 3.00. The predicted octanol–water partition coefficient (Wildman–Crippen LogP) is 2.97. The third-order valence-corrected chi connectivity index (χ3v) is 2.75. The van der Waals surface area contributed by atoms with Gasteiger partial charge in [-0.1, -0.05) is 30.3 Å². The molecule has 1 aliphatic rings. The molecule has 14 heavy (non-hydrogen) atoms. The second-order valence-corrected chi connectivity index (χ2v) is 3.85. The molecule has 0 saturated carbocycles. The molecule has 0 aliphatic heterocycles. The highest BCUT2D eigenvalue weighted by Gasteiger charge is 2.06. The van der Waals surface area contributed by atoms with Crippen molar-refractivity contribution >= 4 is 5.57 Å². The molecule has 0 fully saturated rings. The molecule has 0 amide bonds. The summed E-state index contributed by atoms with van der Waals surface area (Å²) in [6.07, 6.45) is 6.21. The van der Waals surface area contributed by atoms with Crippen molar-refractivity contribution in [3.63, 3.8) is 0 Å². The maximum atomic E-state index is 3.16. The Hall–Kier alpha value is -1.08. The molecule has 1 aromatic rings. The van der Waals surface area contributed by atoms with Gasteiger partial charge in [0.2, 0.25) is 0 Å². The van der Waals surface area contributed by atoms with Gasteiger partial charge in [-0.2, -0.15) is 0 Å². The van der Waals surface area contributed by atoms with Gasteiger partial charge in [0.1, 0.15) is 0 Å². The SMILES string of the molecule is CNCc1ccc(C2=CCCC2)cc1. The zero-order valence-corrected chi connectivity index (χ0v) is 8.72. The molecule has 0 saturated heterocycles. The van der Waals surface area contributed by atoms with Crippen LogP contribution in [0.4, 0.5) is 0 Å². The Labute approximate surface area is 85.8 Å². The molecule has 2 rings (SSSR count). The van der Waals surface area contributed by atoms with E-state index in [0.717, 1.165) is 6.54 Å². The second kappa shape index (κ2) is 4.43. The fourth-order valence-electron chi connectivity index (χ4n) is 1.97. The van der Waals surface area contributed by atoms with E-state index in [1.807, 2.05) is 7.05 Å². The third-order valence-electron chi connectivity index (χ3n) is 2.75. The van der Waals surface area contributed by atoms with Crippen molar-refractivity contribution in [3.8, 4) is 0 Å². The van der Waals surface area contributed by atoms with E-state index in [4.69, 9.17) is 0 Å².